The second kappa shape index (κ2) is 3.73. The highest BCUT2D eigenvalue weighted by molar-refractivity contribution is 5.78. The molecule has 1 atom stereocenters. The van der Waals surface area contributed by atoms with E-state index in [0.717, 1.165) is 11.1 Å². The van der Waals surface area contributed by atoms with Crippen LogP contribution in [0.15, 0.2) is 29.0 Å². The number of carbonyl (C=O) groups is 1. The van der Waals surface area contributed by atoms with E-state index in [1.807, 2.05) is 13.0 Å². The van der Waals surface area contributed by atoms with E-state index < -0.39 is 5.97 Å². The molecule has 4 heteroatoms. The Morgan fingerprint density at radius 1 is 1.67 bits per heavy atom. The highest BCUT2D eigenvalue weighted by atomic mass is 16.4. The average molecular weight is 205 g/mol. The lowest BCUT2D eigenvalue weighted by Gasteiger charge is -2.04. The SMILES string of the molecule is CC(CC(=O)O)c1coc2cccnc12. The van der Waals surface area contributed by atoms with Gasteiger partial charge in [-0.25, -0.2) is 0 Å². The Morgan fingerprint density at radius 2 is 2.47 bits per heavy atom. The molecule has 0 aliphatic rings. The van der Waals surface area contributed by atoms with Crippen molar-refractivity contribution in [1.82, 2.24) is 4.98 Å². The van der Waals surface area contributed by atoms with Crippen molar-refractivity contribution in [3.63, 3.8) is 0 Å². The Bertz CT molecular complexity index is 489. The fraction of sp³-hybridized carbons (Fsp3) is 0.273. The number of aliphatic carboxylic acids is 1. The van der Waals surface area contributed by atoms with Gasteiger partial charge in [0.2, 0.25) is 0 Å². The molecule has 0 bridgehead atoms. The number of carboxylic acids is 1. The van der Waals surface area contributed by atoms with Gasteiger partial charge in [-0.1, -0.05) is 6.92 Å². The maximum atomic E-state index is 10.6. The van der Waals surface area contributed by atoms with Crippen molar-refractivity contribution in [2.45, 2.75) is 19.3 Å². The fourth-order valence-electron chi connectivity index (χ4n) is 1.61. The molecule has 2 rings (SSSR count). The van der Waals surface area contributed by atoms with Crippen molar-refractivity contribution >= 4 is 17.1 Å². The van der Waals surface area contributed by atoms with Gasteiger partial charge in [0.1, 0.15) is 5.52 Å². The van der Waals surface area contributed by atoms with Gasteiger partial charge in [0.25, 0.3) is 0 Å². The highest BCUT2D eigenvalue weighted by Crippen LogP contribution is 2.27. The number of furan rings is 1. The molecule has 1 unspecified atom stereocenters. The summed E-state index contributed by atoms with van der Waals surface area (Å²) < 4.78 is 5.30. The van der Waals surface area contributed by atoms with E-state index in [4.69, 9.17) is 9.52 Å². The Hall–Kier alpha value is -1.84. The number of aromatic nitrogens is 1. The molecule has 0 aromatic carbocycles. The molecule has 1 N–H and O–H groups in total. The number of hydrogen-bond acceptors (Lipinski definition) is 3. The van der Waals surface area contributed by atoms with Gasteiger partial charge in [0, 0.05) is 11.8 Å². The number of hydrogen-bond donors (Lipinski definition) is 1. The van der Waals surface area contributed by atoms with E-state index in [2.05, 4.69) is 4.98 Å². The fourth-order valence-corrected chi connectivity index (χ4v) is 1.61. The predicted molar refractivity (Wildman–Crippen MR) is 54.7 cm³/mol. The van der Waals surface area contributed by atoms with Crippen molar-refractivity contribution in [2.24, 2.45) is 0 Å². The molecule has 2 heterocycles. The molecule has 0 saturated carbocycles. The molecule has 0 aliphatic heterocycles. The van der Waals surface area contributed by atoms with Crippen LogP contribution in [0.25, 0.3) is 11.1 Å². The molecule has 0 spiro atoms. The summed E-state index contributed by atoms with van der Waals surface area (Å²) in [5, 5.41) is 8.70. The van der Waals surface area contributed by atoms with E-state index >= 15 is 0 Å². The van der Waals surface area contributed by atoms with Crippen LogP contribution in [-0.4, -0.2) is 16.1 Å². The van der Waals surface area contributed by atoms with Crippen LogP contribution in [0.5, 0.6) is 0 Å². The van der Waals surface area contributed by atoms with Crippen LogP contribution >= 0.6 is 0 Å². The van der Waals surface area contributed by atoms with Gasteiger partial charge in [0.15, 0.2) is 5.58 Å². The third kappa shape index (κ3) is 1.83. The van der Waals surface area contributed by atoms with E-state index in [1.165, 1.54) is 0 Å². The van der Waals surface area contributed by atoms with Gasteiger partial charge in [-0.15, -0.1) is 0 Å². The van der Waals surface area contributed by atoms with Gasteiger partial charge in [-0.05, 0) is 18.1 Å². The zero-order valence-corrected chi connectivity index (χ0v) is 8.30. The van der Waals surface area contributed by atoms with Crippen LogP contribution in [-0.2, 0) is 4.79 Å². The summed E-state index contributed by atoms with van der Waals surface area (Å²) in [6.07, 6.45) is 3.35. The third-order valence-electron chi connectivity index (χ3n) is 2.37. The monoisotopic (exact) mass is 205 g/mol. The summed E-state index contributed by atoms with van der Waals surface area (Å²) >= 11 is 0. The highest BCUT2D eigenvalue weighted by Gasteiger charge is 2.16. The minimum Gasteiger partial charge on any atom is -0.481 e. The van der Waals surface area contributed by atoms with Crippen molar-refractivity contribution in [3.05, 3.63) is 30.2 Å². The van der Waals surface area contributed by atoms with Crippen molar-refractivity contribution in [3.8, 4) is 0 Å². The van der Waals surface area contributed by atoms with Crippen molar-refractivity contribution in [1.29, 1.82) is 0 Å². The van der Waals surface area contributed by atoms with Crippen LogP contribution in [0.1, 0.15) is 24.8 Å². The summed E-state index contributed by atoms with van der Waals surface area (Å²) in [5.74, 6) is -0.897. The number of nitrogens with zero attached hydrogens (tertiary/aromatic N) is 1. The summed E-state index contributed by atoms with van der Waals surface area (Å²) in [6.45, 7) is 1.85. The van der Waals surface area contributed by atoms with Crippen LogP contribution in [0.3, 0.4) is 0 Å². The molecule has 0 amide bonds. The normalized spacial score (nSPS) is 12.9. The molecule has 0 fully saturated rings. The quantitative estimate of drug-likeness (QED) is 0.835. The van der Waals surface area contributed by atoms with Crippen LogP contribution in [0.2, 0.25) is 0 Å². The number of pyridine rings is 1. The first-order valence-electron chi connectivity index (χ1n) is 4.72. The molecular formula is C11H11NO3. The van der Waals surface area contributed by atoms with Gasteiger partial charge in [0.05, 0.1) is 12.7 Å². The van der Waals surface area contributed by atoms with Crippen molar-refractivity contribution in [2.75, 3.05) is 0 Å². The first-order chi connectivity index (χ1) is 7.18. The minimum absolute atomic E-state index is 0.0846. The Labute approximate surface area is 86.5 Å². The lowest BCUT2D eigenvalue weighted by Crippen LogP contribution is -2.02. The van der Waals surface area contributed by atoms with Gasteiger partial charge in [-0.3, -0.25) is 9.78 Å². The Balaban J connectivity index is 2.39. The number of fused-ring (bicyclic) bond motifs is 1. The molecule has 0 radical (unpaired) electrons. The molecule has 2 aromatic heterocycles. The van der Waals surface area contributed by atoms with Crippen LogP contribution in [0, 0.1) is 0 Å². The lowest BCUT2D eigenvalue weighted by molar-refractivity contribution is -0.137. The van der Waals surface area contributed by atoms with E-state index in [0.29, 0.717) is 5.58 Å². The zero-order chi connectivity index (χ0) is 10.8. The summed E-state index contributed by atoms with van der Waals surface area (Å²) in [7, 11) is 0. The second-order valence-electron chi connectivity index (χ2n) is 3.54. The number of carboxylic acid groups (broad SMARTS) is 1. The molecule has 4 nitrogen and oxygen atoms in total. The minimum atomic E-state index is -0.812. The van der Waals surface area contributed by atoms with Crippen LogP contribution < -0.4 is 0 Å². The third-order valence-corrected chi connectivity index (χ3v) is 2.37. The van der Waals surface area contributed by atoms with E-state index in [9.17, 15) is 4.79 Å². The summed E-state index contributed by atoms with van der Waals surface area (Å²) in [6, 6.07) is 3.61. The van der Waals surface area contributed by atoms with Crippen molar-refractivity contribution < 1.29 is 14.3 Å². The maximum absolute atomic E-state index is 10.6. The van der Waals surface area contributed by atoms with Gasteiger partial charge >= 0.3 is 5.97 Å². The Kier molecular flexibility index (Phi) is 2.41. The molecule has 78 valence electrons. The summed E-state index contributed by atoms with van der Waals surface area (Å²) in [4.78, 5) is 14.8. The van der Waals surface area contributed by atoms with E-state index in [-0.39, 0.29) is 12.3 Å². The molecule has 2 aromatic rings. The first-order valence-corrected chi connectivity index (χ1v) is 4.72. The maximum Gasteiger partial charge on any atom is 0.303 e. The molecular weight excluding hydrogens is 194 g/mol. The average Bonchev–Trinajstić information content (AvgIpc) is 2.59. The van der Waals surface area contributed by atoms with E-state index in [1.54, 1.807) is 18.5 Å². The first kappa shape index (κ1) is 9.71. The molecule has 0 aliphatic carbocycles. The van der Waals surface area contributed by atoms with Crippen LogP contribution in [0.4, 0.5) is 0 Å². The topological polar surface area (TPSA) is 63.3 Å². The lowest BCUT2D eigenvalue weighted by atomic mass is 10.00. The van der Waals surface area contributed by atoms with Gasteiger partial charge < -0.3 is 9.52 Å². The second-order valence-corrected chi connectivity index (χ2v) is 3.54. The van der Waals surface area contributed by atoms with Gasteiger partial charge in [-0.2, -0.15) is 0 Å². The largest absolute Gasteiger partial charge is 0.481 e. The summed E-state index contributed by atoms with van der Waals surface area (Å²) in [5.41, 5.74) is 2.31. The molecule has 0 saturated heterocycles. The predicted octanol–water partition coefficient (Wildman–Crippen LogP) is 2.41. The molecule has 15 heavy (non-hydrogen) atoms. The standard InChI is InChI=1S/C11H11NO3/c1-7(5-10(13)14)8-6-15-9-3-2-4-12-11(8)9/h2-4,6-7H,5H2,1H3,(H,13,14). The number of rotatable bonds is 3. The zero-order valence-electron chi connectivity index (χ0n) is 8.30. The smallest absolute Gasteiger partial charge is 0.303 e. The Morgan fingerprint density at radius 3 is 3.20 bits per heavy atom.